The van der Waals surface area contributed by atoms with Gasteiger partial charge in [0.2, 0.25) is 0 Å². The molecule has 2 rings (SSSR count). The Morgan fingerprint density at radius 3 is 3.00 bits per heavy atom. The zero-order chi connectivity index (χ0) is 9.42. The van der Waals surface area contributed by atoms with E-state index in [1.165, 1.54) is 0 Å². The molecule has 2 nitrogen and oxygen atoms in total. The van der Waals surface area contributed by atoms with Gasteiger partial charge in [0, 0.05) is 10.4 Å². The van der Waals surface area contributed by atoms with Gasteiger partial charge in [0.25, 0.3) is 0 Å². The van der Waals surface area contributed by atoms with Crippen LogP contribution in [-0.2, 0) is 0 Å². The van der Waals surface area contributed by atoms with Crippen LogP contribution in [0.25, 0.3) is 10.9 Å². The highest BCUT2D eigenvalue weighted by molar-refractivity contribution is 7.71. The van der Waals surface area contributed by atoms with Gasteiger partial charge in [-0.15, -0.1) is 0 Å². The Balaban J connectivity index is 3.03. The Labute approximate surface area is 85.6 Å². The van der Waals surface area contributed by atoms with Gasteiger partial charge >= 0.3 is 0 Å². The average Bonchev–Trinajstić information content (AvgIpc) is 2.12. The standard InChI is InChI=1S/C9H7ClN2S/c1-5-7(10)3-2-6-8(5)11-4-12-9(6)13/h2-4H,1H3,(H,11,12,13). The Morgan fingerprint density at radius 1 is 1.46 bits per heavy atom. The molecule has 1 N–H and O–H groups in total. The zero-order valence-corrected chi connectivity index (χ0v) is 8.54. The van der Waals surface area contributed by atoms with E-state index >= 15 is 0 Å². The summed E-state index contributed by atoms with van der Waals surface area (Å²) in [4.78, 5) is 7.03. The molecule has 0 spiro atoms. The van der Waals surface area contributed by atoms with E-state index in [2.05, 4.69) is 9.97 Å². The summed E-state index contributed by atoms with van der Waals surface area (Å²) in [5.74, 6) is 0. The lowest BCUT2D eigenvalue weighted by Gasteiger charge is -2.02. The number of nitrogens with zero attached hydrogens (tertiary/aromatic N) is 1. The maximum atomic E-state index is 5.97. The molecule has 4 heteroatoms. The van der Waals surface area contributed by atoms with Crippen molar-refractivity contribution in [3.8, 4) is 0 Å². The fourth-order valence-electron chi connectivity index (χ4n) is 1.28. The van der Waals surface area contributed by atoms with Crippen LogP contribution in [0.3, 0.4) is 0 Å². The van der Waals surface area contributed by atoms with Crippen molar-refractivity contribution in [3.63, 3.8) is 0 Å². The fourth-order valence-corrected chi connectivity index (χ4v) is 1.66. The lowest BCUT2D eigenvalue weighted by Crippen LogP contribution is -1.87. The number of fused-ring (bicyclic) bond motifs is 1. The molecule has 0 aliphatic carbocycles. The van der Waals surface area contributed by atoms with Crippen molar-refractivity contribution < 1.29 is 0 Å². The van der Waals surface area contributed by atoms with Gasteiger partial charge in [-0.2, -0.15) is 0 Å². The van der Waals surface area contributed by atoms with E-state index in [0.29, 0.717) is 4.64 Å². The second-order valence-corrected chi connectivity index (χ2v) is 3.60. The van der Waals surface area contributed by atoms with Gasteiger partial charge in [-0.3, -0.25) is 0 Å². The van der Waals surface area contributed by atoms with Crippen LogP contribution in [0.4, 0.5) is 0 Å². The van der Waals surface area contributed by atoms with Crippen molar-refractivity contribution in [2.75, 3.05) is 0 Å². The van der Waals surface area contributed by atoms with Crippen molar-refractivity contribution in [3.05, 3.63) is 33.7 Å². The first-order valence-corrected chi connectivity index (χ1v) is 4.61. The molecule has 1 aromatic heterocycles. The summed E-state index contributed by atoms with van der Waals surface area (Å²) in [6, 6.07) is 3.72. The van der Waals surface area contributed by atoms with Gasteiger partial charge in [0.15, 0.2) is 0 Å². The molecule has 0 unspecified atom stereocenters. The number of hydrogen-bond acceptors (Lipinski definition) is 2. The molecule has 0 saturated carbocycles. The minimum Gasteiger partial charge on any atom is -0.345 e. The van der Waals surface area contributed by atoms with Crippen LogP contribution in [0.5, 0.6) is 0 Å². The van der Waals surface area contributed by atoms with Gasteiger partial charge in [-0.25, -0.2) is 4.98 Å². The third-order valence-electron chi connectivity index (χ3n) is 2.02. The topological polar surface area (TPSA) is 28.7 Å². The predicted octanol–water partition coefficient (Wildman–Crippen LogP) is 3.25. The highest BCUT2D eigenvalue weighted by Gasteiger charge is 2.02. The third kappa shape index (κ3) is 1.34. The van der Waals surface area contributed by atoms with Gasteiger partial charge in [-0.1, -0.05) is 23.8 Å². The van der Waals surface area contributed by atoms with Crippen LogP contribution in [0.15, 0.2) is 18.5 Å². The van der Waals surface area contributed by atoms with Gasteiger partial charge in [0.1, 0.15) is 4.64 Å². The molecule has 0 fully saturated rings. The van der Waals surface area contributed by atoms with Crippen molar-refractivity contribution in [2.24, 2.45) is 0 Å². The lowest BCUT2D eigenvalue weighted by molar-refractivity contribution is 1.20. The number of rotatable bonds is 0. The molecule has 1 aromatic carbocycles. The number of hydrogen-bond donors (Lipinski definition) is 1. The molecular formula is C9H7ClN2S. The fraction of sp³-hybridized carbons (Fsp3) is 0.111. The smallest absolute Gasteiger partial charge is 0.137 e. The maximum absolute atomic E-state index is 5.97. The quantitative estimate of drug-likeness (QED) is 0.677. The van der Waals surface area contributed by atoms with Crippen molar-refractivity contribution in [1.29, 1.82) is 0 Å². The lowest BCUT2D eigenvalue weighted by atomic mass is 10.1. The normalized spacial score (nSPS) is 10.6. The van der Waals surface area contributed by atoms with Gasteiger partial charge in [-0.05, 0) is 24.6 Å². The molecule has 0 atom stereocenters. The molecule has 13 heavy (non-hydrogen) atoms. The Kier molecular flexibility index (Phi) is 2.06. The van der Waals surface area contributed by atoms with Crippen LogP contribution in [0, 0.1) is 11.6 Å². The Hall–Kier alpha value is -0.930. The molecular weight excluding hydrogens is 204 g/mol. The third-order valence-corrected chi connectivity index (χ3v) is 2.75. The molecule has 0 bridgehead atoms. The molecule has 66 valence electrons. The summed E-state index contributed by atoms with van der Waals surface area (Å²) in [5.41, 5.74) is 1.97. The molecule has 0 aliphatic rings. The first kappa shape index (κ1) is 8.66. The summed E-state index contributed by atoms with van der Waals surface area (Å²) in [6.07, 6.45) is 1.59. The van der Waals surface area contributed by atoms with Crippen LogP contribution in [0.2, 0.25) is 5.02 Å². The van der Waals surface area contributed by atoms with Crippen LogP contribution in [-0.4, -0.2) is 9.97 Å². The largest absolute Gasteiger partial charge is 0.345 e. The number of aromatic nitrogens is 2. The van der Waals surface area contributed by atoms with Crippen LogP contribution >= 0.6 is 23.8 Å². The molecule has 0 saturated heterocycles. The number of aryl methyl sites for hydroxylation is 1. The van der Waals surface area contributed by atoms with E-state index in [1.54, 1.807) is 6.33 Å². The second kappa shape index (κ2) is 3.09. The second-order valence-electron chi connectivity index (χ2n) is 2.80. The van der Waals surface area contributed by atoms with E-state index in [9.17, 15) is 0 Å². The zero-order valence-electron chi connectivity index (χ0n) is 6.97. The van der Waals surface area contributed by atoms with E-state index in [1.807, 2.05) is 19.1 Å². The van der Waals surface area contributed by atoms with Gasteiger partial charge < -0.3 is 4.98 Å². The summed E-state index contributed by atoms with van der Waals surface area (Å²) in [6.45, 7) is 1.95. The molecule has 0 radical (unpaired) electrons. The average molecular weight is 211 g/mol. The Morgan fingerprint density at radius 2 is 2.23 bits per heavy atom. The maximum Gasteiger partial charge on any atom is 0.137 e. The Bertz CT molecular complexity index is 518. The van der Waals surface area contributed by atoms with Crippen molar-refractivity contribution in [1.82, 2.24) is 9.97 Å². The summed E-state index contributed by atoms with van der Waals surface area (Å²) in [7, 11) is 0. The van der Waals surface area contributed by atoms with E-state index in [-0.39, 0.29) is 0 Å². The number of nitrogens with one attached hydrogen (secondary N) is 1. The van der Waals surface area contributed by atoms with Crippen molar-refractivity contribution >= 4 is 34.7 Å². The first-order chi connectivity index (χ1) is 6.20. The number of H-pyrrole nitrogens is 1. The first-order valence-electron chi connectivity index (χ1n) is 3.82. The van der Waals surface area contributed by atoms with E-state index in [4.69, 9.17) is 23.8 Å². The van der Waals surface area contributed by atoms with Crippen LogP contribution in [0.1, 0.15) is 5.56 Å². The highest BCUT2D eigenvalue weighted by atomic mass is 35.5. The monoisotopic (exact) mass is 210 g/mol. The van der Waals surface area contributed by atoms with E-state index < -0.39 is 0 Å². The minimum absolute atomic E-state index is 0.605. The molecule has 0 aliphatic heterocycles. The molecule has 1 heterocycles. The number of benzene rings is 1. The van der Waals surface area contributed by atoms with Gasteiger partial charge in [0.05, 0.1) is 11.8 Å². The highest BCUT2D eigenvalue weighted by Crippen LogP contribution is 2.23. The van der Waals surface area contributed by atoms with Crippen LogP contribution < -0.4 is 0 Å². The van der Waals surface area contributed by atoms with E-state index in [0.717, 1.165) is 21.5 Å². The summed E-state index contributed by atoms with van der Waals surface area (Å²) >= 11 is 11.0. The minimum atomic E-state index is 0.605. The SMILES string of the molecule is Cc1c(Cl)ccc2c(=S)nc[nH]c12. The molecule has 2 aromatic rings. The number of aromatic amines is 1. The summed E-state index contributed by atoms with van der Waals surface area (Å²) < 4.78 is 0.605. The summed E-state index contributed by atoms with van der Waals surface area (Å²) in [5, 5.41) is 1.68. The molecule has 0 amide bonds. The van der Waals surface area contributed by atoms with Crippen molar-refractivity contribution in [2.45, 2.75) is 6.92 Å². The predicted molar refractivity (Wildman–Crippen MR) is 56.7 cm³/mol. The number of halogens is 1.